The lowest BCUT2D eigenvalue weighted by Crippen LogP contribution is -2.14. The Morgan fingerprint density at radius 1 is 1.38 bits per heavy atom. The van der Waals surface area contributed by atoms with Crippen molar-refractivity contribution < 1.29 is 18.9 Å². The lowest BCUT2D eigenvalue weighted by Gasteiger charge is -2.09. The Kier molecular flexibility index (Phi) is 5.29. The average Bonchev–Trinajstić information content (AvgIpc) is 3.02. The maximum atomic E-state index is 12.1. The van der Waals surface area contributed by atoms with Crippen LogP contribution in [-0.2, 0) is 4.79 Å². The van der Waals surface area contributed by atoms with Crippen LogP contribution in [0, 0.1) is 10.1 Å². The summed E-state index contributed by atoms with van der Waals surface area (Å²) in [4.78, 5) is 26.6. The number of nitrogens with zero attached hydrogens (tertiary/aromatic N) is 2. The molecule has 0 aliphatic rings. The van der Waals surface area contributed by atoms with Crippen molar-refractivity contribution in [3.63, 3.8) is 0 Å². The number of halogens is 1. The number of nitrogens with one attached hydrogen (secondary N) is 1. The van der Waals surface area contributed by atoms with Gasteiger partial charge in [-0.2, -0.15) is 0 Å². The van der Waals surface area contributed by atoms with Gasteiger partial charge in [0.1, 0.15) is 11.3 Å². The Bertz CT molecular complexity index is 991. The normalized spacial score (nSPS) is 10.7. The summed E-state index contributed by atoms with van der Waals surface area (Å²) < 4.78 is 10.6. The molecular formula is C16H12ClN3O5S. The highest BCUT2D eigenvalue weighted by Crippen LogP contribution is 2.30. The van der Waals surface area contributed by atoms with Crippen LogP contribution in [0.1, 0.15) is 0 Å². The smallest absolute Gasteiger partial charge is 0.273 e. The van der Waals surface area contributed by atoms with Crippen molar-refractivity contribution in [3.05, 3.63) is 51.5 Å². The molecule has 134 valence electrons. The molecule has 10 heteroatoms. The number of hydrogen-bond donors (Lipinski definition) is 1. The van der Waals surface area contributed by atoms with E-state index in [4.69, 9.17) is 20.8 Å². The number of amides is 1. The number of carbonyl (C=O) groups excluding carboxylic acids is 1. The molecule has 1 amide bonds. The van der Waals surface area contributed by atoms with Gasteiger partial charge in [0, 0.05) is 17.2 Å². The van der Waals surface area contributed by atoms with Crippen molar-refractivity contribution in [2.24, 2.45) is 0 Å². The summed E-state index contributed by atoms with van der Waals surface area (Å²) in [5, 5.41) is 14.3. The van der Waals surface area contributed by atoms with Crippen molar-refractivity contribution in [3.8, 4) is 5.75 Å². The molecule has 1 aromatic heterocycles. The molecule has 0 fully saturated rings. The van der Waals surface area contributed by atoms with Crippen molar-refractivity contribution in [1.29, 1.82) is 0 Å². The second-order valence-corrected chi connectivity index (χ2v) is 6.43. The monoisotopic (exact) mass is 393 g/mol. The highest BCUT2D eigenvalue weighted by atomic mass is 35.5. The first kappa shape index (κ1) is 18.0. The molecule has 0 unspecified atom stereocenters. The van der Waals surface area contributed by atoms with E-state index in [1.54, 1.807) is 18.2 Å². The maximum absolute atomic E-state index is 12.1. The number of nitro groups is 1. The van der Waals surface area contributed by atoms with E-state index in [1.165, 1.54) is 25.3 Å². The number of benzene rings is 2. The molecule has 0 aliphatic carbocycles. The molecule has 8 nitrogen and oxygen atoms in total. The van der Waals surface area contributed by atoms with Gasteiger partial charge in [0.15, 0.2) is 5.58 Å². The average molecular weight is 394 g/mol. The van der Waals surface area contributed by atoms with Gasteiger partial charge in [-0.25, -0.2) is 4.98 Å². The van der Waals surface area contributed by atoms with E-state index in [2.05, 4.69) is 10.3 Å². The number of non-ortho nitro benzene ring substituents is 1. The van der Waals surface area contributed by atoms with Crippen LogP contribution in [0.15, 0.2) is 46.0 Å². The Balaban J connectivity index is 1.65. The largest absolute Gasteiger partial charge is 0.494 e. The Hall–Kier alpha value is -2.78. The van der Waals surface area contributed by atoms with Gasteiger partial charge >= 0.3 is 0 Å². The van der Waals surface area contributed by atoms with Gasteiger partial charge < -0.3 is 14.5 Å². The van der Waals surface area contributed by atoms with E-state index < -0.39 is 4.92 Å². The van der Waals surface area contributed by atoms with Crippen molar-refractivity contribution in [2.45, 2.75) is 5.22 Å². The van der Waals surface area contributed by atoms with Crippen molar-refractivity contribution in [1.82, 2.24) is 4.98 Å². The lowest BCUT2D eigenvalue weighted by molar-refractivity contribution is -0.384. The number of carbonyl (C=O) groups is 1. The first-order valence-electron chi connectivity index (χ1n) is 7.27. The number of ether oxygens (including phenoxy) is 1. The number of oxazole rings is 1. The number of thioether (sulfide) groups is 1. The molecule has 3 aromatic rings. The molecular weight excluding hydrogens is 382 g/mol. The third-order valence-electron chi connectivity index (χ3n) is 3.33. The van der Waals surface area contributed by atoms with Crippen LogP contribution >= 0.6 is 23.4 Å². The molecule has 1 heterocycles. The van der Waals surface area contributed by atoms with Gasteiger partial charge in [-0.3, -0.25) is 14.9 Å². The van der Waals surface area contributed by atoms with E-state index in [9.17, 15) is 14.9 Å². The molecule has 0 saturated carbocycles. The molecule has 0 bridgehead atoms. The summed E-state index contributed by atoms with van der Waals surface area (Å²) in [6.45, 7) is 0. The molecule has 1 N–H and O–H groups in total. The second kappa shape index (κ2) is 7.63. The van der Waals surface area contributed by atoms with Crippen LogP contribution in [-0.4, -0.2) is 28.7 Å². The predicted octanol–water partition coefficient (Wildman–Crippen LogP) is 4.13. The fourth-order valence-corrected chi connectivity index (χ4v) is 2.95. The molecule has 0 radical (unpaired) electrons. The minimum Gasteiger partial charge on any atom is -0.494 e. The Labute approximate surface area is 156 Å². The topological polar surface area (TPSA) is 108 Å². The number of hydrogen-bond acceptors (Lipinski definition) is 7. The first-order chi connectivity index (χ1) is 12.5. The zero-order valence-electron chi connectivity index (χ0n) is 13.4. The standard InChI is InChI=1S/C16H12ClN3O5S/c1-24-13-7-10(20(22)23)3-5-11(13)18-15(21)8-26-16-19-12-4-2-9(17)6-14(12)25-16/h2-7H,8H2,1H3,(H,18,21). The molecule has 3 rings (SSSR count). The van der Waals surface area contributed by atoms with Crippen LogP contribution in [0.3, 0.4) is 0 Å². The SMILES string of the molecule is COc1cc([N+](=O)[O-])ccc1NC(=O)CSc1nc2ccc(Cl)cc2o1. The quantitative estimate of drug-likeness (QED) is 0.381. The number of nitro benzene ring substituents is 1. The lowest BCUT2D eigenvalue weighted by atomic mass is 10.2. The van der Waals surface area contributed by atoms with Crippen molar-refractivity contribution >= 4 is 51.7 Å². The minimum atomic E-state index is -0.538. The van der Waals surface area contributed by atoms with Crippen LogP contribution < -0.4 is 10.1 Å². The van der Waals surface area contributed by atoms with Gasteiger partial charge in [0.2, 0.25) is 5.91 Å². The fraction of sp³-hybridized carbons (Fsp3) is 0.125. The summed E-state index contributed by atoms with van der Waals surface area (Å²) in [5.74, 6) is -0.0859. The summed E-state index contributed by atoms with van der Waals surface area (Å²) in [6.07, 6.45) is 0. The third-order valence-corrected chi connectivity index (χ3v) is 4.39. The summed E-state index contributed by atoms with van der Waals surface area (Å²) in [5.41, 5.74) is 1.40. The molecule has 0 saturated heterocycles. The molecule has 0 atom stereocenters. The Morgan fingerprint density at radius 2 is 2.19 bits per heavy atom. The molecule has 0 spiro atoms. The van der Waals surface area contributed by atoms with Crippen molar-refractivity contribution in [2.75, 3.05) is 18.2 Å². The van der Waals surface area contributed by atoms with E-state index >= 15 is 0 Å². The zero-order chi connectivity index (χ0) is 18.7. The van der Waals surface area contributed by atoms with Gasteiger partial charge in [0.05, 0.1) is 29.5 Å². The highest BCUT2D eigenvalue weighted by Gasteiger charge is 2.15. The maximum Gasteiger partial charge on any atom is 0.273 e. The number of aromatic nitrogens is 1. The second-order valence-electron chi connectivity index (χ2n) is 5.07. The first-order valence-corrected chi connectivity index (χ1v) is 8.64. The van der Waals surface area contributed by atoms with Crippen LogP contribution in [0.25, 0.3) is 11.1 Å². The van der Waals surface area contributed by atoms with E-state index in [1.807, 2.05) is 0 Å². The summed E-state index contributed by atoms with van der Waals surface area (Å²) in [6, 6.07) is 9.03. The highest BCUT2D eigenvalue weighted by molar-refractivity contribution is 7.99. The van der Waals surface area contributed by atoms with E-state index in [0.717, 1.165) is 11.8 Å². The minimum absolute atomic E-state index is 0.0424. The zero-order valence-corrected chi connectivity index (χ0v) is 15.0. The number of anilines is 1. The predicted molar refractivity (Wildman–Crippen MR) is 98.0 cm³/mol. The fourth-order valence-electron chi connectivity index (χ4n) is 2.15. The molecule has 0 aliphatic heterocycles. The van der Waals surface area contributed by atoms with Crippen LogP contribution in [0.4, 0.5) is 11.4 Å². The van der Waals surface area contributed by atoms with Gasteiger partial charge in [-0.05, 0) is 18.2 Å². The van der Waals surface area contributed by atoms with Crippen LogP contribution in [0.5, 0.6) is 5.75 Å². The number of fused-ring (bicyclic) bond motifs is 1. The number of rotatable bonds is 6. The summed E-state index contributed by atoms with van der Waals surface area (Å²) in [7, 11) is 1.37. The molecule has 2 aromatic carbocycles. The van der Waals surface area contributed by atoms with E-state index in [0.29, 0.717) is 27.0 Å². The van der Waals surface area contributed by atoms with Crippen LogP contribution in [0.2, 0.25) is 5.02 Å². The van der Waals surface area contributed by atoms with Gasteiger partial charge in [-0.15, -0.1) is 0 Å². The summed E-state index contributed by atoms with van der Waals surface area (Å²) >= 11 is 7.01. The number of methoxy groups -OCH3 is 1. The molecule has 26 heavy (non-hydrogen) atoms. The van der Waals surface area contributed by atoms with Gasteiger partial charge in [0.25, 0.3) is 10.9 Å². The Morgan fingerprint density at radius 3 is 2.92 bits per heavy atom. The third kappa shape index (κ3) is 4.06. The van der Waals surface area contributed by atoms with E-state index in [-0.39, 0.29) is 23.1 Å². The van der Waals surface area contributed by atoms with Gasteiger partial charge in [-0.1, -0.05) is 23.4 Å².